The molecule has 2 aliphatic heterocycles. The summed E-state index contributed by atoms with van der Waals surface area (Å²) in [5.74, 6) is -0.268. The highest BCUT2D eigenvalue weighted by Gasteiger charge is 2.52. The fourth-order valence-electron chi connectivity index (χ4n) is 5.81. The molecule has 4 amide bonds. The molecule has 0 saturated carbocycles. The number of nitrogens with zero attached hydrogens (tertiary/aromatic N) is 5. The van der Waals surface area contributed by atoms with Gasteiger partial charge < -0.3 is 20.0 Å². The summed E-state index contributed by atoms with van der Waals surface area (Å²) in [5, 5.41) is 6.32. The molecule has 0 aromatic heterocycles. The molecule has 2 aliphatic rings. The molecule has 3 aromatic carbocycles. The van der Waals surface area contributed by atoms with Gasteiger partial charge in [0.15, 0.2) is 0 Å². The van der Waals surface area contributed by atoms with Gasteiger partial charge in [-0.05, 0) is 22.8 Å². The van der Waals surface area contributed by atoms with Crippen molar-refractivity contribution in [2.75, 3.05) is 38.6 Å². The number of carbonyl (C=O) groups excluding carboxylic acids is 3. The van der Waals surface area contributed by atoms with Gasteiger partial charge in [-0.2, -0.15) is 5.01 Å². The molecule has 1 N–H and O–H groups in total. The molecule has 3 aromatic rings. The van der Waals surface area contributed by atoms with Crippen molar-refractivity contribution < 1.29 is 14.4 Å². The fraction of sp³-hybridized carbons (Fsp3) is 0.303. The van der Waals surface area contributed by atoms with Gasteiger partial charge >= 0.3 is 6.03 Å². The van der Waals surface area contributed by atoms with E-state index in [1.807, 2.05) is 109 Å². The minimum Gasteiger partial charge on any atom is -0.377 e. The third-order valence-corrected chi connectivity index (χ3v) is 7.81. The van der Waals surface area contributed by atoms with Gasteiger partial charge in [-0.3, -0.25) is 14.6 Å². The van der Waals surface area contributed by atoms with Crippen LogP contribution in [0.3, 0.4) is 0 Å². The zero-order valence-electron chi connectivity index (χ0n) is 24.2. The Bertz CT molecular complexity index is 1410. The van der Waals surface area contributed by atoms with Crippen LogP contribution in [0, 0.1) is 0 Å². The molecule has 0 aliphatic carbocycles. The molecule has 42 heavy (non-hydrogen) atoms. The lowest BCUT2D eigenvalue weighted by molar-refractivity contribution is -0.157. The smallest absolute Gasteiger partial charge is 0.332 e. The summed E-state index contributed by atoms with van der Waals surface area (Å²) in [4.78, 5) is 46.8. The normalized spacial score (nSPS) is 18.5. The molecule has 0 spiro atoms. The van der Waals surface area contributed by atoms with Crippen LogP contribution in [-0.4, -0.2) is 83.6 Å². The number of anilines is 1. The topological polar surface area (TPSA) is 79.4 Å². The van der Waals surface area contributed by atoms with Gasteiger partial charge in [0.2, 0.25) is 11.8 Å². The first-order valence-electron chi connectivity index (χ1n) is 14.2. The minimum atomic E-state index is -0.687. The summed E-state index contributed by atoms with van der Waals surface area (Å²) in [7, 11) is 3.96. The Balaban J connectivity index is 1.45. The molecule has 2 atom stereocenters. The lowest BCUT2D eigenvalue weighted by Gasteiger charge is -2.46. The Morgan fingerprint density at radius 1 is 0.952 bits per heavy atom. The predicted octanol–water partition coefficient (Wildman–Crippen LogP) is 3.49. The zero-order chi connectivity index (χ0) is 29.6. The molecule has 2 saturated heterocycles. The van der Waals surface area contributed by atoms with Crippen molar-refractivity contribution in [1.82, 2.24) is 25.1 Å². The molecule has 5 rings (SSSR count). The van der Waals surface area contributed by atoms with Gasteiger partial charge in [-0.15, -0.1) is 6.58 Å². The van der Waals surface area contributed by atoms with E-state index in [1.165, 1.54) is 0 Å². The van der Waals surface area contributed by atoms with E-state index < -0.39 is 12.2 Å². The van der Waals surface area contributed by atoms with Gasteiger partial charge in [0.25, 0.3) is 0 Å². The number of hydrogen-bond acceptors (Lipinski definition) is 5. The largest absolute Gasteiger partial charge is 0.377 e. The molecule has 9 nitrogen and oxygen atoms in total. The maximum atomic E-state index is 14.1. The lowest BCUT2D eigenvalue weighted by Crippen LogP contribution is -2.66. The van der Waals surface area contributed by atoms with Gasteiger partial charge in [0.05, 0.1) is 19.6 Å². The van der Waals surface area contributed by atoms with E-state index in [2.05, 4.69) is 11.9 Å². The summed E-state index contributed by atoms with van der Waals surface area (Å²) in [5.41, 5.74) is 3.99. The van der Waals surface area contributed by atoms with Crippen LogP contribution in [0.2, 0.25) is 0 Å². The van der Waals surface area contributed by atoms with E-state index in [0.717, 1.165) is 22.4 Å². The average Bonchev–Trinajstić information content (AvgIpc) is 3.33. The average molecular weight is 567 g/mol. The van der Waals surface area contributed by atoms with Crippen molar-refractivity contribution in [3.63, 3.8) is 0 Å². The van der Waals surface area contributed by atoms with Crippen molar-refractivity contribution in [3.8, 4) is 0 Å². The fourth-order valence-corrected chi connectivity index (χ4v) is 5.81. The number of benzene rings is 3. The van der Waals surface area contributed by atoms with Crippen molar-refractivity contribution in [3.05, 3.63) is 114 Å². The number of para-hydroxylation sites is 1. The quantitative estimate of drug-likeness (QED) is 0.380. The maximum absolute atomic E-state index is 14.1. The molecule has 2 heterocycles. The van der Waals surface area contributed by atoms with Gasteiger partial charge in [0.1, 0.15) is 12.2 Å². The second-order valence-corrected chi connectivity index (χ2v) is 10.8. The third kappa shape index (κ3) is 6.16. The number of fused-ring (bicyclic) bond motifs is 1. The van der Waals surface area contributed by atoms with Gasteiger partial charge in [0, 0.05) is 39.3 Å². The number of rotatable bonds is 10. The van der Waals surface area contributed by atoms with Crippen LogP contribution < -0.4 is 10.2 Å². The lowest BCUT2D eigenvalue weighted by atomic mass is 10.00. The molecule has 0 unspecified atom stereocenters. The molecule has 0 radical (unpaired) electrons. The van der Waals surface area contributed by atoms with E-state index in [0.29, 0.717) is 19.5 Å². The minimum absolute atomic E-state index is 0.00203. The number of carbonyl (C=O) groups is 3. The highest BCUT2D eigenvalue weighted by atomic mass is 16.2. The second-order valence-electron chi connectivity index (χ2n) is 10.8. The number of hydrazine groups is 1. The summed E-state index contributed by atoms with van der Waals surface area (Å²) >= 11 is 0. The van der Waals surface area contributed by atoms with E-state index in [1.54, 1.807) is 21.0 Å². The number of nitrogens with one attached hydrogen (secondary N) is 1. The van der Waals surface area contributed by atoms with Crippen LogP contribution in [-0.2, 0) is 29.1 Å². The van der Waals surface area contributed by atoms with Crippen LogP contribution in [0.25, 0.3) is 0 Å². The van der Waals surface area contributed by atoms with Crippen molar-refractivity contribution in [2.24, 2.45) is 0 Å². The Morgan fingerprint density at radius 3 is 2.26 bits per heavy atom. The molecule has 2 fully saturated rings. The number of urea groups is 1. The first-order valence-corrected chi connectivity index (χ1v) is 14.2. The summed E-state index contributed by atoms with van der Waals surface area (Å²) < 4.78 is 0. The van der Waals surface area contributed by atoms with Crippen LogP contribution in [0.5, 0.6) is 0 Å². The van der Waals surface area contributed by atoms with Crippen molar-refractivity contribution in [2.45, 2.75) is 31.7 Å². The van der Waals surface area contributed by atoms with Crippen LogP contribution in [0.15, 0.2) is 97.6 Å². The van der Waals surface area contributed by atoms with Crippen LogP contribution in [0.1, 0.15) is 16.7 Å². The number of piperazine rings is 1. The Kier molecular flexibility index (Phi) is 8.88. The Labute approximate surface area is 247 Å². The summed E-state index contributed by atoms with van der Waals surface area (Å²) in [6.07, 6.45) is 1.54. The highest BCUT2D eigenvalue weighted by molar-refractivity contribution is 5.92. The molecular weight excluding hydrogens is 528 g/mol. The van der Waals surface area contributed by atoms with Gasteiger partial charge in [-0.25, -0.2) is 4.79 Å². The molecule has 218 valence electrons. The molecule has 9 heteroatoms. The molecule has 0 bridgehead atoms. The third-order valence-electron chi connectivity index (χ3n) is 7.81. The number of amides is 4. The Hall–Kier alpha value is -4.63. The monoisotopic (exact) mass is 566 g/mol. The standard InChI is InChI=1S/C33H38N6O3/c1-4-19-37(33(42)34-21-26-15-9-6-10-16-26)38-24-31(40)39-29(20-25-13-7-5-8-14-25)32(41)36(23-30(38)39)22-27-17-11-12-18-28(27)35(2)3/h4-18,29-30H,1,19-24H2,2-3H3,(H,34,42)/t29-,30+/m0/s1. The predicted molar refractivity (Wildman–Crippen MR) is 163 cm³/mol. The van der Waals surface area contributed by atoms with Gasteiger partial charge in [-0.1, -0.05) is 84.9 Å². The summed E-state index contributed by atoms with van der Waals surface area (Å²) in [6.45, 7) is 5.10. The highest BCUT2D eigenvalue weighted by Crippen LogP contribution is 2.31. The van der Waals surface area contributed by atoms with Crippen molar-refractivity contribution >= 4 is 23.5 Å². The summed E-state index contributed by atoms with van der Waals surface area (Å²) in [6, 6.07) is 26.4. The van der Waals surface area contributed by atoms with E-state index in [-0.39, 0.29) is 37.5 Å². The first kappa shape index (κ1) is 28.9. The second kappa shape index (κ2) is 12.9. The molecular formula is C33H38N6O3. The van der Waals surface area contributed by atoms with E-state index in [9.17, 15) is 14.4 Å². The maximum Gasteiger partial charge on any atom is 0.332 e. The number of hydrogen-bond donors (Lipinski definition) is 1. The van der Waals surface area contributed by atoms with E-state index >= 15 is 0 Å². The van der Waals surface area contributed by atoms with Crippen LogP contribution >= 0.6 is 0 Å². The Morgan fingerprint density at radius 2 is 1.60 bits per heavy atom. The van der Waals surface area contributed by atoms with E-state index in [4.69, 9.17) is 0 Å². The van der Waals surface area contributed by atoms with Crippen LogP contribution in [0.4, 0.5) is 10.5 Å². The first-order chi connectivity index (χ1) is 20.4. The van der Waals surface area contributed by atoms with Crippen molar-refractivity contribution in [1.29, 1.82) is 0 Å². The SMILES string of the molecule is C=CCN(C(=O)NCc1ccccc1)N1CC(=O)N2[C@@H](Cc3ccccc3)C(=O)N(Cc3ccccc3N(C)C)C[C@@H]21. The zero-order valence-corrected chi connectivity index (χ0v) is 24.2.